The smallest absolute Gasteiger partial charge is 0.271 e. The van der Waals surface area contributed by atoms with Gasteiger partial charge in [-0.05, 0) is 36.8 Å². The molecular formula is C18H19FN6O2. The molecule has 1 N–H and O–H groups in total. The monoisotopic (exact) mass is 370 g/mol. The molecule has 0 saturated heterocycles. The molecule has 0 unspecified atom stereocenters. The first kappa shape index (κ1) is 18.4. The molecule has 0 aliphatic heterocycles. The van der Waals surface area contributed by atoms with Gasteiger partial charge in [0.2, 0.25) is 5.88 Å². The maximum absolute atomic E-state index is 13.1. The summed E-state index contributed by atoms with van der Waals surface area (Å²) in [5, 5.41) is 18.6. The fourth-order valence-electron chi connectivity index (χ4n) is 2.36. The van der Waals surface area contributed by atoms with Gasteiger partial charge in [-0.3, -0.25) is 4.79 Å². The van der Waals surface area contributed by atoms with Gasteiger partial charge in [0.15, 0.2) is 5.69 Å². The standard InChI is InChI=1S/C18H19FN6O2/c1-3-10-20-18(26)14-8-9-16(22-21-14)27-11-15-17(23-24-25(15)2)12-4-6-13(19)7-5-12/h4-9H,3,10-11H2,1-2H3,(H,20,26). The summed E-state index contributed by atoms with van der Waals surface area (Å²) in [4.78, 5) is 11.8. The van der Waals surface area contributed by atoms with E-state index in [2.05, 4.69) is 25.8 Å². The summed E-state index contributed by atoms with van der Waals surface area (Å²) in [5.74, 6) is -0.322. The molecule has 9 heteroatoms. The lowest BCUT2D eigenvalue weighted by Crippen LogP contribution is -2.25. The molecule has 8 nitrogen and oxygen atoms in total. The summed E-state index contributed by atoms with van der Waals surface area (Å²) in [7, 11) is 1.74. The number of benzene rings is 1. The van der Waals surface area contributed by atoms with Gasteiger partial charge in [-0.25, -0.2) is 9.07 Å². The van der Waals surface area contributed by atoms with Crippen LogP contribution in [0.4, 0.5) is 4.39 Å². The number of ether oxygens (including phenoxy) is 1. The highest BCUT2D eigenvalue weighted by atomic mass is 19.1. The Kier molecular flexibility index (Phi) is 5.70. The Bertz CT molecular complexity index is 909. The van der Waals surface area contributed by atoms with Crippen LogP contribution in [0.15, 0.2) is 36.4 Å². The summed E-state index contributed by atoms with van der Waals surface area (Å²) in [6.45, 7) is 2.70. The van der Waals surface area contributed by atoms with E-state index in [-0.39, 0.29) is 29.9 Å². The fourth-order valence-corrected chi connectivity index (χ4v) is 2.36. The van der Waals surface area contributed by atoms with Gasteiger partial charge in [0.1, 0.15) is 23.8 Å². The van der Waals surface area contributed by atoms with Gasteiger partial charge in [-0.1, -0.05) is 12.1 Å². The molecule has 0 aliphatic carbocycles. The Labute approximate surface area is 155 Å². The van der Waals surface area contributed by atoms with Gasteiger partial charge in [-0.15, -0.1) is 15.3 Å². The van der Waals surface area contributed by atoms with Crippen molar-refractivity contribution in [2.75, 3.05) is 6.54 Å². The van der Waals surface area contributed by atoms with E-state index in [4.69, 9.17) is 4.74 Å². The lowest BCUT2D eigenvalue weighted by Gasteiger charge is -2.07. The van der Waals surface area contributed by atoms with Crippen LogP contribution in [-0.4, -0.2) is 37.6 Å². The van der Waals surface area contributed by atoms with Crippen LogP contribution in [-0.2, 0) is 13.7 Å². The van der Waals surface area contributed by atoms with Crippen LogP contribution in [0.3, 0.4) is 0 Å². The number of aryl methyl sites for hydroxylation is 1. The fraction of sp³-hybridized carbons (Fsp3) is 0.278. The molecule has 0 aliphatic rings. The zero-order valence-electron chi connectivity index (χ0n) is 15.0. The predicted molar refractivity (Wildman–Crippen MR) is 95.4 cm³/mol. The van der Waals surface area contributed by atoms with Gasteiger partial charge in [-0.2, -0.15) is 0 Å². The summed E-state index contributed by atoms with van der Waals surface area (Å²) < 4.78 is 20.4. The Hall–Kier alpha value is -3.36. The number of halogens is 1. The maximum atomic E-state index is 13.1. The van der Waals surface area contributed by atoms with E-state index in [1.54, 1.807) is 36.0 Å². The van der Waals surface area contributed by atoms with Crippen molar-refractivity contribution < 1.29 is 13.9 Å². The first-order chi connectivity index (χ1) is 13.1. The van der Waals surface area contributed by atoms with E-state index < -0.39 is 0 Å². The van der Waals surface area contributed by atoms with Crippen molar-refractivity contribution in [2.45, 2.75) is 20.0 Å². The lowest BCUT2D eigenvalue weighted by molar-refractivity contribution is 0.0947. The highest BCUT2D eigenvalue weighted by Gasteiger charge is 2.14. The highest BCUT2D eigenvalue weighted by Crippen LogP contribution is 2.22. The molecule has 27 heavy (non-hydrogen) atoms. The molecule has 0 bridgehead atoms. The third-order valence-electron chi connectivity index (χ3n) is 3.83. The van der Waals surface area contributed by atoms with Crippen molar-refractivity contribution >= 4 is 5.91 Å². The number of carbonyl (C=O) groups is 1. The van der Waals surface area contributed by atoms with Crippen molar-refractivity contribution in [3.63, 3.8) is 0 Å². The Morgan fingerprint density at radius 3 is 2.59 bits per heavy atom. The van der Waals surface area contributed by atoms with Crippen molar-refractivity contribution in [3.05, 3.63) is 53.6 Å². The van der Waals surface area contributed by atoms with Crippen LogP contribution in [0.25, 0.3) is 11.3 Å². The molecule has 140 valence electrons. The average Bonchev–Trinajstić information content (AvgIpc) is 3.06. The number of amides is 1. The number of nitrogens with zero attached hydrogens (tertiary/aromatic N) is 5. The molecule has 0 saturated carbocycles. The number of hydrogen-bond acceptors (Lipinski definition) is 6. The van der Waals surface area contributed by atoms with Crippen molar-refractivity contribution in [3.8, 4) is 17.1 Å². The molecule has 2 aromatic heterocycles. The molecule has 0 fully saturated rings. The molecule has 1 amide bonds. The zero-order chi connectivity index (χ0) is 19.2. The topological polar surface area (TPSA) is 94.8 Å². The minimum Gasteiger partial charge on any atom is -0.470 e. The van der Waals surface area contributed by atoms with Crippen LogP contribution < -0.4 is 10.1 Å². The maximum Gasteiger partial charge on any atom is 0.271 e. The van der Waals surface area contributed by atoms with Crippen molar-refractivity contribution in [1.29, 1.82) is 0 Å². The molecule has 1 aromatic carbocycles. The number of carbonyl (C=O) groups excluding carboxylic acids is 1. The molecule has 3 aromatic rings. The van der Waals surface area contributed by atoms with Gasteiger partial charge < -0.3 is 10.1 Å². The second-order valence-corrected chi connectivity index (χ2v) is 5.82. The third-order valence-corrected chi connectivity index (χ3v) is 3.83. The SMILES string of the molecule is CCCNC(=O)c1ccc(OCc2c(-c3ccc(F)cc3)nnn2C)nn1. The largest absolute Gasteiger partial charge is 0.470 e. The number of rotatable bonds is 7. The quantitative estimate of drug-likeness (QED) is 0.685. The van der Waals surface area contributed by atoms with Crippen molar-refractivity contribution in [1.82, 2.24) is 30.5 Å². The molecule has 0 atom stereocenters. The van der Waals surface area contributed by atoms with Gasteiger partial charge in [0, 0.05) is 25.2 Å². The normalized spacial score (nSPS) is 10.6. The van der Waals surface area contributed by atoms with E-state index in [9.17, 15) is 9.18 Å². The molecule has 0 radical (unpaired) electrons. The van der Waals surface area contributed by atoms with Crippen LogP contribution in [0.2, 0.25) is 0 Å². The number of hydrogen-bond donors (Lipinski definition) is 1. The molecular weight excluding hydrogens is 351 g/mol. The summed E-state index contributed by atoms with van der Waals surface area (Å²) in [6, 6.07) is 9.12. The summed E-state index contributed by atoms with van der Waals surface area (Å²) >= 11 is 0. The van der Waals surface area contributed by atoms with E-state index in [0.29, 0.717) is 17.9 Å². The van der Waals surface area contributed by atoms with Crippen LogP contribution in [0.5, 0.6) is 5.88 Å². The second kappa shape index (κ2) is 8.35. The van der Waals surface area contributed by atoms with Crippen LogP contribution >= 0.6 is 0 Å². The van der Waals surface area contributed by atoms with Gasteiger partial charge in [0.25, 0.3) is 5.91 Å². The van der Waals surface area contributed by atoms with E-state index in [0.717, 1.165) is 12.0 Å². The van der Waals surface area contributed by atoms with Crippen molar-refractivity contribution in [2.24, 2.45) is 7.05 Å². The van der Waals surface area contributed by atoms with Gasteiger partial charge >= 0.3 is 0 Å². The minimum absolute atomic E-state index is 0.145. The molecule has 2 heterocycles. The van der Waals surface area contributed by atoms with Gasteiger partial charge in [0.05, 0.1) is 0 Å². The van der Waals surface area contributed by atoms with Crippen LogP contribution in [0, 0.1) is 5.82 Å². The number of aromatic nitrogens is 5. The average molecular weight is 370 g/mol. The third kappa shape index (κ3) is 4.43. The first-order valence-electron chi connectivity index (χ1n) is 8.47. The highest BCUT2D eigenvalue weighted by molar-refractivity contribution is 5.92. The first-order valence-corrected chi connectivity index (χ1v) is 8.47. The minimum atomic E-state index is -0.321. The lowest BCUT2D eigenvalue weighted by atomic mass is 10.1. The summed E-state index contributed by atoms with van der Waals surface area (Å²) in [6.07, 6.45) is 0.843. The zero-order valence-corrected chi connectivity index (χ0v) is 15.0. The van der Waals surface area contributed by atoms with E-state index in [1.807, 2.05) is 6.92 Å². The van der Waals surface area contributed by atoms with Crippen LogP contribution in [0.1, 0.15) is 29.5 Å². The van der Waals surface area contributed by atoms with E-state index in [1.165, 1.54) is 12.1 Å². The molecule has 3 rings (SSSR count). The second-order valence-electron chi connectivity index (χ2n) is 5.82. The predicted octanol–water partition coefficient (Wildman–Crippen LogP) is 2.13. The Morgan fingerprint density at radius 2 is 1.93 bits per heavy atom. The summed E-state index contributed by atoms with van der Waals surface area (Å²) in [5.41, 5.74) is 2.26. The molecule has 0 spiro atoms. The van der Waals surface area contributed by atoms with E-state index >= 15 is 0 Å². The number of nitrogens with one attached hydrogen (secondary N) is 1. The Morgan fingerprint density at radius 1 is 1.15 bits per heavy atom. The Balaban J connectivity index is 1.69.